The summed E-state index contributed by atoms with van der Waals surface area (Å²) in [5.41, 5.74) is 1.04. The molecule has 1 aliphatic carbocycles. The van der Waals surface area contributed by atoms with Crippen LogP contribution in [0, 0.1) is 11.3 Å². The monoisotopic (exact) mass is 220 g/mol. The first-order valence-corrected chi connectivity index (χ1v) is 5.73. The van der Waals surface area contributed by atoms with Gasteiger partial charge in [0.25, 0.3) is 0 Å². The number of benzene rings is 1. The standard InChI is InChI=1S/C13H16O3/c14-8-13-6-11(13)7-15-12(16-9-13)10-4-2-1-3-5-10/h1-5,11-12,14H,6-9H2/t11-,12?,13+/m0/s1. The Labute approximate surface area is 95.0 Å². The zero-order valence-electron chi connectivity index (χ0n) is 9.13. The van der Waals surface area contributed by atoms with Crippen molar-refractivity contribution < 1.29 is 14.6 Å². The Morgan fingerprint density at radius 3 is 2.81 bits per heavy atom. The van der Waals surface area contributed by atoms with Gasteiger partial charge in [0.05, 0.1) is 19.8 Å². The van der Waals surface area contributed by atoms with E-state index >= 15 is 0 Å². The third kappa shape index (κ3) is 1.65. The summed E-state index contributed by atoms with van der Waals surface area (Å²) < 4.78 is 11.5. The van der Waals surface area contributed by atoms with Crippen molar-refractivity contribution in [1.29, 1.82) is 0 Å². The zero-order valence-corrected chi connectivity index (χ0v) is 9.13. The second-order valence-electron chi connectivity index (χ2n) is 4.81. The molecule has 3 rings (SSSR count). The molecule has 86 valence electrons. The molecule has 16 heavy (non-hydrogen) atoms. The van der Waals surface area contributed by atoms with Gasteiger partial charge in [-0.1, -0.05) is 30.3 Å². The summed E-state index contributed by atoms with van der Waals surface area (Å²) in [5, 5.41) is 9.34. The smallest absolute Gasteiger partial charge is 0.183 e. The first-order valence-electron chi connectivity index (χ1n) is 5.73. The van der Waals surface area contributed by atoms with Crippen molar-refractivity contribution >= 4 is 0 Å². The summed E-state index contributed by atoms with van der Waals surface area (Å²) in [6.45, 7) is 1.51. The third-order valence-electron chi connectivity index (χ3n) is 3.72. The maximum absolute atomic E-state index is 9.34. The van der Waals surface area contributed by atoms with Crippen LogP contribution in [0.1, 0.15) is 18.3 Å². The van der Waals surface area contributed by atoms with Gasteiger partial charge in [0.15, 0.2) is 6.29 Å². The number of aliphatic hydroxyl groups excluding tert-OH is 1. The van der Waals surface area contributed by atoms with Crippen molar-refractivity contribution in [3.8, 4) is 0 Å². The Kier molecular flexibility index (Phi) is 2.46. The molecule has 1 saturated carbocycles. The fraction of sp³-hybridized carbons (Fsp3) is 0.538. The molecule has 1 aromatic rings. The fourth-order valence-corrected chi connectivity index (χ4v) is 2.38. The molecule has 0 spiro atoms. The lowest BCUT2D eigenvalue weighted by Crippen LogP contribution is -2.17. The first-order chi connectivity index (χ1) is 7.84. The van der Waals surface area contributed by atoms with Crippen LogP contribution in [0.4, 0.5) is 0 Å². The topological polar surface area (TPSA) is 38.7 Å². The van der Waals surface area contributed by atoms with Gasteiger partial charge in [0, 0.05) is 11.0 Å². The van der Waals surface area contributed by atoms with Gasteiger partial charge in [-0.15, -0.1) is 0 Å². The Bertz CT molecular complexity index is 365. The second kappa shape index (κ2) is 3.84. The molecule has 1 heterocycles. The van der Waals surface area contributed by atoms with Crippen LogP contribution in [-0.2, 0) is 9.47 Å². The van der Waals surface area contributed by atoms with E-state index in [-0.39, 0.29) is 18.3 Å². The molecule has 1 unspecified atom stereocenters. The van der Waals surface area contributed by atoms with E-state index in [0.717, 1.165) is 12.0 Å². The summed E-state index contributed by atoms with van der Waals surface area (Å²) in [6.07, 6.45) is 0.766. The summed E-state index contributed by atoms with van der Waals surface area (Å²) in [7, 11) is 0. The first kappa shape index (κ1) is 10.3. The van der Waals surface area contributed by atoms with Crippen LogP contribution < -0.4 is 0 Å². The predicted octanol–water partition coefficient (Wildman–Crippen LogP) is 1.73. The van der Waals surface area contributed by atoms with E-state index in [2.05, 4.69) is 0 Å². The minimum Gasteiger partial charge on any atom is -0.396 e. The largest absolute Gasteiger partial charge is 0.396 e. The quantitative estimate of drug-likeness (QED) is 0.825. The third-order valence-corrected chi connectivity index (χ3v) is 3.72. The highest BCUT2D eigenvalue weighted by atomic mass is 16.7. The van der Waals surface area contributed by atoms with Gasteiger partial charge in [0.2, 0.25) is 0 Å². The number of rotatable bonds is 2. The van der Waals surface area contributed by atoms with Crippen LogP contribution in [0.3, 0.4) is 0 Å². The molecular formula is C13H16O3. The lowest BCUT2D eigenvalue weighted by atomic mass is 10.1. The summed E-state index contributed by atoms with van der Waals surface area (Å²) in [6, 6.07) is 9.96. The number of hydrogen-bond donors (Lipinski definition) is 1. The van der Waals surface area contributed by atoms with Gasteiger partial charge in [-0.3, -0.25) is 0 Å². The maximum atomic E-state index is 9.34. The molecule has 0 amide bonds. The highest BCUT2D eigenvalue weighted by Crippen LogP contribution is 2.54. The SMILES string of the molecule is OC[C@]12COC(c3ccccc3)OC[C@@H]1C2. The fourth-order valence-electron chi connectivity index (χ4n) is 2.38. The Morgan fingerprint density at radius 2 is 2.06 bits per heavy atom. The molecule has 2 aliphatic rings. The Morgan fingerprint density at radius 1 is 1.25 bits per heavy atom. The van der Waals surface area contributed by atoms with Crippen molar-refractivity contribution in [2.45, 2.75) is 12.7 Å². The molecule has 0 bridgehead atoms. The molecule has 3 atom stereocenters. The zero-order chi connectivity index (χ0) is 11.0. The van der Waals surface area contributed by atoms with Crippen molar-refractivity contribution in [1.82, 2.24) is 0 Å². The van der Waals surface area contributed by atoms with E-state index < -0.39 is 0 Å². The van der Waals surface area contributed by atoms with E-state index in [4.69, 9.17) is 9.47 Å². The molecule has 3 heteroatoms. The van der Waals surface area contributed by atoms with Crippen molar-refractivity contribution in [2.75, 3.05) is 19.8 Å². The Hall–Kier alpha value is -0.900. The van der Waals surface area contributed by atoms with Gasteiger partial charge < -0.3 is 14.6 Å². The molecule has 1 aliphatic heterocycles. The van der Waals surface area contributed by atoms with Crippen LogP contribution in [0.15, 0.2) is 30.3 Å². The van der Waals surface area contributed by atoms with Crippen LogP contribution in [0.2, 0.25) is 0 Å². The number of hydrogen-bond acceptors (Lipinski definition) is 3. The average Bonchev–Trinajstić information content (AvgIpc) is 3.04. The van der Waals surface area contributed by atoms with Crippen molar-refractivity contribution in [3.63, 3.8) is 0 Å². The van der Waals surface area contributed by atoms with Gasteiger partial charge in [-0.25, -0.2) is 0 Å². The second-order valence-corrected chi connectivity index (χ2v) is 4.81. The molecule has 0 aromatic heterocycles. The molecule has 2 fully saturated rings. The van der Waals surface area contributed by atoms with Gasteiger partial charge in [-0.2, -0.15) is 0 Å². The maximum Gasteiger partial charge on any atom is 0.183 e. The van der Waals surface area contributed by atoms with E-state index in [1.54, 1.807) is 0 Å². The molecule has 1 aromatic carbocycles. The van der Waals surface area contributed by atoms with E-state index in [1.165, 1.54) is 0 Å². The Balaban J connectivity index is 1.72. The van der Waals surface area contributed by atoms with Crippen LogP contribution in [0.5, 0.6) is 0 Å². The molecule has 0 radical (unpaired) electrons. The lowest BCUT2D eigenvalue weighted by molar-refractivity contribution is -0.143. The molecular weight excluding hydrogens is 204 g/mol. The van der Waals surface area contributed by atoms with E-state index in [0.29, 0.717) is 19.1 Å². The molecule has 1 N–H and O–H groups in total. The van der Waals surface area contributed by atoms with Crippen LogP contribution in [0.25, 0.3) is 0 Å². The predicted molar refractivity (Wildman–Crippen MR) is 58.7 cm³/mol. The molecule has 3 nitrogen and oxygen atoms in total. The van der Waals surface area contributed by atoms with E-state index in [9.17, 15) is 5.11 Å². The summed E-state index contributed by atoms with van der Waals surface area (Å²) in [5.74, 6) is 0.478. The minimum absolute atomic E-state index is 0.0104. The number of ether oxygens (including phenoxy) is 2. The molecule has 1 saturated heterocycles. The van der Waals surface area contributed by atoms with Crippen LogP contribution in [-0.4, -0.2) is 24.9 Å². The minimum atomic E-state index is -0.266. The summed E-state index contributed by atoms with van der Waals surface area (Å²) >= 11 is 0. The van der Waals surface area contributed by atoms with Gasteiger partial charge >= 0.3 is 0 Å². The average molecular weight is 220 g/mol. The summed E-state index contributed by atoms with van der Waals surface area (Å²) in [4.78, 5) is 0. The van der Waals surface area contributed by atoms with Gasteiger partial charge in [-0.05, 0) is 12.3 Å². The van der Waals surface area contributed by atoms with Crippen LogP contribution >= 0.6 is 0 Å². The number of fused-ring (bicyclic) bond motifs is 1. The van der Waals surface area contributed by atoms with Crippen molar-refractivity contribution in [2.24, 2.45) is 11.3 Å². The van der Waals surface area contributed by atoms with E-state index in [1.807, 2.05) is 30.3 Å². The highest BCUT2D eigenvalue weighted by Gasteiger charge is 2.55. The normalized spacial score (nSPS) is 37.6. The number of aliphatic hydroxyl groups is 1. The highest BCUT2D eigenvalue weighted by molar-refractivity contribution is 5.16. The van der Waals surface area contributed by atoms with Gasteiger partial charge in [0.1, 0.15) is 0 Å². The van der Waals surface area contributed by atoms with Crippen molar-refractivity contribution in [3.05, 3.63) is 35.9 Å². The lowest BCUT2D eigenvalue weighted by Gasteiger charge is -2.18.